The highest BCUT2D eigenvalue weighted by Crippen LogP contribution is 2.32. The Kier molecular flexibility index (Phi) is 4.97. The third-order valence-electron chi connectivity index (χ3n) is 4.72. The lowest BCUT2D eigenvalue weighted by molar-refractivity contribution is -0.139. The highest BCUT2D eigenvalue weighted by Gasteiger charge is 2.28. The maximum Gasteiger partial charge on any atom is 0.255 e. The highest BCUT2D eigenvalue weighted by atomic mass is 16.5. The number of hydrogen-bond donors (Lipinski definition) is 1. The molecule has 0 aromatic heterocycles. The van der Waals surface area contributed by atoms with Gasteiger partial charge in [-0.05, 0) is 29.8 Å². The molecule has 0 radical (unpaired) electrons. The van der Waals surface area contributed by atoms with Crippen LogP contribution >= 0.6 is 0 Å². The summed E-state index contributed by atoms with van der Waals surface area (Å²) in [5, 5.41) is 2.84. The summed E-state index contributed by atoms with van der Waals surface area (Å²) < 4.78 is 11.2. The number of imide groups is 1. The Morgan fingerprint density at radius 2 is 1.61 bits per heavy atom. The number of carbonyl (C=O) groups excluding carboxylic acids is 3. The average Bonchev–Trinajstić information content (AvgIpc) is 2.89. The predicted molar refractivity (Wildman–Crippen MR) is 101 cm³/mol. The van der Waals surface area contributed by atoms with Crippen LogP contribution in [-0.2, 0) is 16.1 Å². The van der Waals surface area contributed by atoms with Crippen molar-refractivity contribution in [2.75, 3.05) is 18.5 Å². The number of anilines is 1. The van der Waals surface area contributed by atoms with E-state index in [-0.39, 0.29) is 37.1 Å². The van der Waals surface area contributed by atoms with Crippen molar-refractivity contribution in [3.63, 3.8) is 0 Å². The maximum absolute atomic E-state index is 12.5. The van der Waals surface area contributed by atoms with Crippen LogP contribution in [0.25, 0.3) is 0 Å². The van der Waals surface area contributed by atoms with Crippen molar-refractivity contribution in [2.45, 2.75) is 25.8 Å². The van der Waals surface area contributed by atoms with Gasteiger partial charge in [0.25, 0.3) is 5.91 Å². The number of carbonyl (C=O) groups is 3. The monoisotopic (exact) mass is 380 g/mol. The molecular formula is C21H20N2O5. The number of nitrogens with one attached hydrogen (secondary N) is 1. The van der Waals surface area contributed by atoms with Gasteiger partial charge >= 0.3 is 0 Å². The summed E-state index contributed by atoms with van der Waals surface area (Å²) in [5.74, 6) is 0.730. The molecule has 0 unspecified atom stereocenters. The van der Waals surface area contributed by atoms with E-state index in [1.54, 1.807) is 42.5 Å². The molecule has 2 heterocycles. The Hall–Kier alpha value is -3.35. The Bertz CT molecular complexity index is 907. The SMILES string of the molecule is O=C(Nc1ccc2c(c1)OCCCO2)c1ccc(CN2C(=O)CCC2=O)cc1. The molecule has 0 spiro atoms. The van der Waals surface area contributed by atoms with Gasteiger partial charge in [0, 0.05) is 36.6 Å². The molecule has 28 heavy (non-hydrogen) atoms. The van der Waals surface area contributed by atoms with E-state index in [1.807, 2.05) is 0 Å². The van der Waals surface area contributed by atoms with E-state index in [4.69, 9.17) is 9.47 Å². The molecule has 0 saturated carbocycles. The Labute approximate surface area is 162 Å². The van der Waals surface area contributed by atoms with Gasteiger partial charge in [-0.15, -0.1) is 0 Å². The van der Waals surface area contributed by atoms with E-state index < -0.39 is 0 Å². The zero-order chi connectivity index (χ0) is 19.5. The Morgan fingerprint density at radius 3 is 2.32 bits per heavy atom. The largest absolute Gasteiger partial charge is 0.490 e. The van der Waals surface area contributed by atoms with Crippen molar-refractivity contribution < 1.29 is 23.9 Å². The van der Waals surface area contributed by atoms with E-state index in [2.05, 4.69) is 5.32 Å². The summed E-state index contributed by atoms with van der Waals surface area (Å²) >= 11 is 0. The van der Waals surface area contributed by atoms with Crippen molar-refractivity contribution in [1.82, 2.24) is 4.90 Å². The summed E-state index contributed by atoms with van der Waals surface area (Å²) in [6, 6.07) is 12.2. The molecule has 0 bridgehead atoms. The van der Waals surface area contributed by atoms with Gasteiger partial charge in [0.1, 0.15) is 0 Å². The fourth-order valence-electron chi connectivity index (χ4n) is 3.19. The van der Waals surface area contributed by atoms with Crippen molar-refractivity contribution in [3.8, 4) is 11.5 Å². The molecule has 4 rings (SSSR count). The summed E-state index contributed by atoms with van der Waals surface area (Å²) in [6.45, 7) is 1.43. The van der Waals surface area contributed by atoms with Crippen molar-refractivity contribution >= 4 is 23.4 Å². The van der Waals surface area contributed by atoms with Crippen LogP contribution in [0, 0.1) is 0 Å². The van der Waals surface area contributed by atoms with Gasteiger partial charge in [0.15, 0.2) is 11.5 Å². The minimum absolute atomic E-state index is 0.152. The van der Waals surface area contributed by atoms with Gasteiger partial charge in [-0.2, -0.15) is 0 Å². The molecule has 0 atom stereocenters. The van der Waals surface area contributed by atoms with E-state index in [0.717, 1.165) is 12.0 Å². The van der Waals surface area contributed by atoms with Gasteiger partial charge < -0.3 is 14.8 Å². The topological polar surface area (TPSA) is 84.9 Å². The molecule has 7 heteroatoms. The van der Waals surface area contributed by atoms with E-state index >= 15 is 0 Å². The second kappa shape index (κ2) is 7.72. The number of nitrogens with zero attached hydrogens (tertiary/aromatic N) is 1. The lowest BCUT2D eigenvalue weighted by Gasteiger charge is -2.14. The first-order chi connectivity index (χ1) is 13.6. The van der Waals surface area contributed by atoms with Gasteiger partial charge in [-0.3, -0.25) is 19.3 Å². The second-order valence-corrected chi connectivity index (χ2v) is 6.74. The van der Waals surface area contributed by atoms with Crippen LogP contribution in [0.5, 0.6) is 11.5 Å². The maximum atomic E-state index is 12.5. The van der Waals surface area contributed by atoms with Gasteiger partial charge in [-0.1, -0.05) is 12.1 Å². The molecule has 144 valence electrons. The quantitative estimate of drug-likeness (QED) is 0.825. The molecule has 2 aliphatic rings. The predicted octanol–water partition coefficient (Wildman–Crippen LogP) is 2.75. The summed E-state index contributed by atoms with van der Waals surface area (Å²) in [4.78, 5) is 37.2. The van der Waals surface area contributed by atoms with Gasteiger partial charge in [0.05, 0.1) is 19.8 Å². The number of rotatable bonds is 4. The molecular weight excluding hydrogens is 360 g/mol. The zero-order valence-electron chi connectivity index (χ0n) is 15.3. The fraction of sp³-hybridized carbons (Fsp3) is 0.286. The Morgan fingerprint density at radius 1 is 0.929 bits per heavy atom. The second-order valence-electron chi connectivity index (χ2n) is 6.74. The summed E-state index contributed by atoms with van der Waals surface area (Å²) in [7, 11) is 0. The van der Waals surface area contributed by atoms with E-state index in [1.165, 1.54) is 4.90 Å². The van der Waals surface area contributed by atoms with E-state index in [9.17, 15) is 14.4 Å². The van der Waals surface area contributed by atoms with Crippen LogP contribution in [-0.4, -0.2) is 35.8 Å². The lowest BCUT2D eigenvalue weighted by atomic mass is 10.1. The fourth-order valence-corrected chi connectivity index (χ4v) is 3.19. The molecule has 7 nitrogen and oxygen atoms in total. The summed E-state index contributed by atoms with van der Waals surface area (Å²) in [5.41, 5.74) is 1.90. The number of benzene rings is 2. The third-order valence-corrected chi connectivity index (χ3v) is 4.72. The minimum Gasteiger partial charge on any atom is -0.490 e. The standard InChI is InChI=1S/C21H20N2O5/c24-19-8-9-20(25)23(19)13-14-2-4-15(5-3-14)21(26)22-16-6-7-17-18(12-16)28-11-1-10-27-17/h2-7,12H,1,8-11,13H2,(H,22,26). The summed E-state index contributed by atoms with van der Waals surface area (Å²) in [6.07, 6.45) is 1.36. The lowest BCUT2D eigenvalue weighted by Crippen LogP contribution is -2.28. The van der Waals surface area contributed by atoms with Crippen LogP contribution < -0.4 is 14.8 Å². The first-order valence-electron chi connectivity index (χ1n) is 9.23. The van der Waals surface area contributed by atoms with Crippen LogP contribution in [0.4, 0.5) is 5.69 Å². The zero-order valence-corrected chi connectivity index (χ0v) is 15.3. The smallest absolute Gasteiger partial charge is 0.255 e. The van der Waals surface area contributed by atoms with Crippen molar-refractivity contribution in [1.29, 1.82) is 0 Å². The molecule has 2 aromatic carbocycles. The van der Waals surface area contributed by atoms with Crippen LogP contribution in [0.2, 0.25) is 0 Å². The number of amides is 3. The number of hydrogen-bond acceptors (Lipinski definition) is 5. The van der Waals surface area contributed by atoms with Crippen LogP contribution in [0.1, 0.15) is 35.2 Å². The molecule has 2 aliphatic heterocycles. The number of ether oxygens (including phenoxy) is 2. The number of fused-ring (bicyclic) bond motifs is 1. The van der Waals surface area contributed by atoms with E-state index in [0.29, 0.717) is 36.0 Å². The minimum atomic E-state index is -0.255. The third kappa shape index (κ3) is 3.83. The van der Waals surface area contributed by atoms with Crippen molar-refractivity contribution in [3.05, 3.63) is 53.6 Å². The van der Waals surface area contributed by atoms with Crippen LogP contribution in [0.15, 0.2) is 42.5 Å². The van der Waals surface area contributed by atoms with Crippen molar-refractivity contribution in [2.24, 2.45) is 0 Å². The molecule has 0 aliphatic carbocycles. The first-order valence-corrected chi connectivity index (χ1v) is 9.23. The first kappa shape index (κ1) is 18.0. The van der Waals surface area contributed by atoms with Crippen LogP contribution in [0.3, 0.4) is 0 Å². The van der Waals surface area contributed by atoms with Gasteiger partial charge in [-0.25, -0.2) is 0 Å². The molecule has 3 amide bonds. The number of likely N-dealkylation sites (tertiary alicyclic amines) is 1. The highest BCUT2D eigenvalue weighted by molar-refractivity contribution is 6.04. The normalized spacial score (nSPS) is 16.1. The molecule has 2 aromatic rings. The molecule has 1 fully saturated rings. The average molecular weight is 380 g/mol. The molecule has 1 N–H and O–H groups in total. The Balaban J connectivity index is 1.42. The molecule has 1 saturated heterocycles. The van der Waals surface area contributed by atoms with Gasteiger partial charge in [0.2, 0.25) is 11.8 Å².